The number of nitro groups is 1. The van der Waals surface area contributed by atoms with Gasteiger partial charge >= 0.3 is 5.97 Å². The van der Waals surface area contributed by atoms with E-state index in [-0.39, 0.29) is 16.3 Å². The van der Waals surface area contributed by atoms with Crippen LogP contribution in [0.4, 0.5) is 5.69 Å². The summed E-state index contributed by atoms with van der Waals surface area (Å²) in [6.45, 7) is 0. The molecule has 0 atom stereocenters. The molecule has 2 aromatic carbocycles. The largest absolute Gasteiger partial charge is 0.478 e. The smallest absolute Gasteiger partial charge is 0.336 e. The van der Waals surface area contributed by atoms with E-state index in [0.29, 0.717) is 22.2 Å². The second-order valence-electron chi connectivity index (χ2n) is 4.53. The van der Waals surface area contributed by atoms with E-state index < -0.39 is 10.9 Å². The van der Waals surface area contributed by atoms with Crippen molar-refractivity contribution in [2.75, 3.05) is 0 Å². The van der Waals surface area contributed by atoms with Crippen molar-refractivity contribution in [3.05, 3.63) is 57.1 Å². The number of hydrogen-bond acceptors (Lipinski definition) is 4. The maximum absolute atomic E-state index is 11.4. The van der Waals surface area contributed by atoms with Gasteiger partial charge in [0, 0.05) is 23.1 Å². The molecule has 0 radical (unpaired) electrons. The molecule has 0 fully saturated rings. The van der Waals surface area contributed by atoms with Crippen molar-refractivity contribution in [1.82, 2.24) is 10.2 Å². The van der Waals surface area contributed by atoms with Crippen LogP contribution in [0.3, 0.4) is 0 Å². The third kappa shape index (κ3) is 2.17. The number of rotatable bonds is 3. The molecule has 0 saturated heterocycles. The van der Waals surface area contributed by atoms with Crippen molar-refractivity contribution >= 4 is 34.2 Å². The van der Waals surface area contributed by atoms with Gasteiger partial charge in [0.2, 0.25) is 0 Å². The number of aromatic carboxylic acids is 1. The first-order valence-corrected chi connectivity index (χ1v) is 6.51. The molecule has 0 aliphatic heterocycles. The minimum absolute atomic E-state index is 0.0793. The lowest BCUT2D eigenvalue weighted by molar-refractivity contribution is -0.384. The van der Waals surface area contributed by atoms with Gasteiger partial charge in [0.05, 0.1) is 21.0 Å². The molecule has 0 amide bonds. The SMILES string of the molecule is O=C(O)c1cccc2[nH]nc(-c3ccc([N+](=O)[O-])cc3Cl)c12. The van der Waals surface area contributed by atoms with Crippen LogP contribution in [0.2, 0.25) is 5.02 Å². The highest BCUT2D eigenvalue weighted by Crippen LogP contribution is 2.35. The van der Waals surface area contributed by atoms with Crippen LogP contribution < -0.4 is 0 Å². The number of aromatic nitrogens is 2. The number of carboxylic acids is 1. The van der Waals surface area contributed by atoms with Crippen LogP contribution in [-0.4, -0.2) is 26.2 Å². The summed E-state index contributed by atoms with van der Waals surface area (Å²) in [4.78, 5) is 21.6. The lowest BCUT2D eigenvalue weighted by Crippen LogP contribution is -1.97. The van der Waals surface area contributed by atoms with Crippen LogP contribution >= 0.6 is 11.6 Å². The second-order valence-corrected chi connectivity index (χ2v) is 4.93. The average Bonchev–Trinajstić information content (AvgIpc) is 2.90. The Hall–Kier alpha value is -2.93. The fraction of sp³-hybridized carbons (Fsp3) is 0. The number of nitrogens with zero attached hydrogens (tertiary/aromatic N) is 2. The minimum Gasteiger partial charge on any atom is -0.478 e. The Morgan fingerprint density at radius 2 is 2.09 bits per heavy atom. The maximum Gasteiger partial charge on any atom is 0.336 e. The standard InChI is InChI=1S/C14H8ClN3O4/c15-10-6-7(18(21)22)4-5-8(10)13-12-9(14(19)20)2-1-3-11(12)16-17-13/h1-6H,(H,16,17)(H,19,20). The van der Waals surface area contributed by atoms with E-state index in [0.717, 1.165) is 0 Å². The molecule has 0 saturated carbocycles. The fourth-order valence-corrected chi connectivity index (χ4v) is 2.52. The Morgan fingerprint density at radius 3 is 2.73 bits per heavy atom. The molecule has 0 spiro atoms. The number of fused-ring (bicyclic) bond motifs is 1. The molecule has 22 heavy (non-hydrogen) atoms. The highest BCUT2D eigenvalue weighted by Gasteiger charge is 2.19. The molecule has 3 aromatic rings. The summed E-state index contributed by atoms with van der Waals surface area (Å²) in [6.07, 6.45) is 0. The Bertz CT molecular complexity index is 920. The summed E-state index contributed by atoms with van der Waals surface area (Å²) < 4.78 is 0. The van der Waals surface area contributed by atoms with Crippen molar-refractivity contribution in [2.24, 2.45) is 0 Å². The minimum atomic E-state index is -1.09. The maximum atomic E-state index is 11.4. The first-order chi connectivity index (χ1) is 10.5. The molecule has 3 rings (SSSR count). The third-order valence-electron chi connectivity index (χ3n) is 3.24. The predicted octanol–water partition coefficient (Wildman–Crippen LogP) is 3.49. The quantitative estimate of drug-likeness (QED) is 0.567. The van der Waals surface area contributed by atoms with Crippen LogP contribution in [0.25, 0.3) is 22.2 Å². The number of H-pyrrole nitrogens is 1. The Balaban J connectivity index is 2.27. The number of carboxylic acid groups (broad SMARTS) is 1. The molecular formula is C14H8ClN3O4. The van der Waals surface area contributed by atoms with E-state index >= 15 is 0 Å². The molecule has 1 aromatic heterocycles. The first kappa shape index (κ1) is 14.0. The normalized spacial score (nSPS) is 10.8. The summed E-state index contributed by atoms with van der Waals surface area (Å²) in [5, 5.41) is 27.4. The van der Waals surface area contributed by atoms with Crippen LogP contribution in [0.5, 0.6) is 0 Å². The van der Waals surface area contributed by atoms with Crippen LogP contribution in [0.1, 0.15) is 10.4 Å². The highest BCUT2D eigenvalue weighted by atomic mass is 35.5. The number of carbonyl (C=O) groups is 1. The molecule has 2 N–H and O–H groups in total. The summed E-state index contributed by atoms with van der Waals surface area (Å²) >= 11 is 6.09. The number of nitro benzene ring substituents is 1. The van der Waals surface area contributed by atoms with Crippen LogP contribution in [-0.2, 0) is 0 Å². The number of hydrogen-bond donors (Lipinski definition) is 2. The number of halogens is 1. The van der Waals surface area contributed by atoms with Gasteiger partial charge in [-0.3, -0.25) is 15.2 Å². The lowest BCUT2D eigenvalue weighted by atomic mass is 10.0. The van der Waals surface area contributed by atoms with Gasteiger partial charge in [0.15, 0.2) is 0 Å². The highest BCUT2D eigenvalue weighted by molar-refractivity contribution is 6.34. The van der Waals surface area contributed by atoms with Gasteiger partial charge in [-0.1, -0.05) is 17.7 Å². The van der Waals surface area contributed by atoms with E-state index in [1.807, 2.05) is 0 Å². The van der Waals surface area contributed by atoms with Gasteiger partial charge in [-0.05, 0) is 18.2 Å². The Labute approximate surface area is 128 Å². The number of benzene rings is 2. The third-order valence-corrected chi connectivity index (χ3v) is 3.55. The molecular weight excluding hydrogens is 310 g/mol. The number of nitrogens with one attached hydrogen (secondary N) is 1. The van der Waals surface area contributed by atoms with Crippen molar-refractivity contribution < 1.29 is 14.8 Å². The first-order valence-electron chi connectivity index (χ1n) is 6.13. The van der Waals surface area contributed by atoms with E-state index in [1.165, 1.54) is 24.3 Å². The van der Waals surface area contributed by atoms with Gasteiger partial charge in [-0.15, -0.1) is 0 Å². The molecule has 0 bridgehead atoms. The molecule has 0 aliphatic carbocycles. The van der Waals surface area contributed by atoms with Crippen molar-refractivity contribution in [1.29, 1.82) is 0 Å². The van der Waals surface area contributed by atoms with Crippen LogP contribution in [0, 0.1) is 10.1 Å². The summed E-state index contributed by atoms with van der Waals surface area (Å²) in [6, 6.07) is 8.71. The van der Waals surface area contributed by atoms with E-state index in [9.17, 15) is 20.0 Å². The van der Waals surface area contributed by atoms with Gasteiger partial charge in [-0.25, -0.2) is 4.79 Å². The number of aromatic amines is 1. The van der Waals surface area contributed by atoms with Crippen LogP contribution in [0.15, 0.2) is 36.4 Å². The van der Waals surface area contributed by atoms with E-state index in [2.05, 4.69) is 10.2 Å². The fourth-order valence-electron chi connectivity index (χ4n) is 2.26. The zero-order valence-electron chi connectivity index (χ0n) is 10.9. The molecule has 0 aliphatic rings. The monoisotopic (exact) mass is 317 g/mol. The summed E-state index contributed by atoms with van der Waals surface area (Å²) in [5.74, 6) is -1.09. The van der Waals surface area contributed by atoms with Crippen molar-refractivity contribution in [2.45, 2.75) is 0 Å². The van der Waals surface area contributed by atoms with Gasteiger partial charge in [0.1, 0.15) is 5.69 Å². The summed E-state index contributed by atoms with van der Waals surface area (Å²) in [5.41, 5.74) is 1.24. The Morgan fingerprint density at radius 1 is 1.32 bits per heavy atom. The molecule has 7 nitrogen and oxygen atoms in total. The van der Waals surface area contributed by atoms with Gasteiger partial charge in [0.25, 0.3) is 5.69 Å². The molecule has 110 valence electrons. The predicted molar refractivity (Wildman–Crippen MR) is 80.2 cm³/mol. The molecule has 8 heteroatoms. The summed E-state index contributed by atoms with van der Waals surface area (Å²) in [7, 11) is 0. The average molecular weight is 318 g/mol. The zero-order valence-corrected chi connectivity index (χ0v) is 11.7. The van der Waals surface area contributed by atoms with E-state index in [4.69, 9.17) is 11.6 Å². The molecule has 0 unspecified atom stereocenters. The lowest BCUT2D eigenvalue weighted by Gasteiger charge is -2.03. The number of non-ortho nitro benzene ring substituents is 1. The van der Waals surface area contributed by atoms with E-state index in [1.54, 1.807) is 12.1 Å². The van der Waals surface area contributed by atoms with Gasteiger partial charge < -0.3 is 5.11 Å². The van der Waals surface area contributed by atoms with Crippen molar-refractivity contribution in [3.8, 4) is 11.3 Å². The zero-order chi connectivity index (χ0) is 15.9. The second kappa shape index (κ2) is 5.12. The topological polar surface area (TPSA) is 109 Å². The van der Waals surface area contributed by atoms with Gasteiger partial charge in [-0.2, -0.15) is 5.10 Å². The Kier molecular flexibility index (Phi) is 3.26. The van der Waals surface area contributed by atoms with Crippen molar-refractivity contribution in [3.63, 3.8) is 0 Å². The molecule has 1 heterocycles.